The molecule has 0 saturated heterocycles. The molecule has 1 N–H and O–H groups in total. The largest absolute Gasteiger partial charge is 0.206 e. The van der Waals surface area contributed by atoms with Crippen molar-refractivity contribution < 1.29 is 0 Å². The first-order valence-electron chi connectivity index (χ1n) is 5.24. The Balaban J connectivity index is 2.34. The number of rotatable bonds is 5. The molecule has 0 amide bonds. The molecule has 0 saturated carbocycles. The lowest BCUT2D eigenvalue weighted by Gasteiger charge is -2.23. The zero-order valence-corrected chi connectivity index (χ0v) is 8.82. The summed E-state index contributed by atoms with van der Waals surface area (Å²) in [4.78, 5) is 0. The van der Waals surface area contributed by atoms with Gasteiger partial charge in [0.15, 0.2) is 0 Å². The average Bonchev–Trinajstić information content (AvgIpc) is 2.54. The van der Waals surface area contributed by atoms with E-state index >= 15 is 0 Å². The topological polar surface area (TPSA) is 40.0 Å². The Kier molecular flexibility index (Phi) is 4.15. The van der Waals surface area contributed by atoms with Crippen molar-refractivity contribution in [1.82, 2.24) is 10.5 Å². The average molecular weight is 184 g/mol. The monoisotopic (exact) mass is 184 g/mol. The molecule has 0 aromatic carbocycles. The minimum Gasteiger partial charge on any atom is -0.206 e. The molecular formula is C9H20N4. The molecule has 0 aromatic rings. The highest BCUT2D eigenvalue weighted by Gasteiger charge is 2.20. The van der Waals surface area contributed by atoms with Gasteiger partial charge in [0.25, 0.3) is 0 Å². The third-order valence-electron chi connectivity index (χ3n) is 2.35. The van der Waals surface area contributed by atoms with E-state index in [0.29, 0.717) is 6.04 Å². The van der Waals surface area contributed by atoms with Crippen LogP contribution in [0.3, 0.4) is 0 Å². The van der Waals surface area contributed by atoms with Gasteiger partial charge in [-0.05, 0) is 19.8 Å². The Hall–Kier alpha value is -0.640. The fourth-order valence-corrected chi connectivity index (χ4v) is 1.49. The van der Waals surface area contributed by atoms with Gasteiger partial charge in [-0.3, -0.25) is 0 Å². The first-order chi connectivity index (χ1) is 6.27. The number of nitrogens with zero attached hydrogens (tertiary/aromatic N) is 3. The first-order valence-corrected chi connectivity index (χ1v) is 5.24. The third-order valence-corrected chi connectivity index (χ3v) is 2.35. The van der Waals surface area contributed by atoms with Crippen molar-refractivity contribution in [1.29, 1.82) is 0 Å². The van der Waals surface area contributed by atoms with Crippen LogP contribution in [0.4, 0.5) is 0 Å². The maximum Gasteiger partial charge on any atom is 0.138 e. The highest BCUT2D eigenvalue weighted by atomic mass is 15.8. The Morgan fingerprint density at radius 1 is 1.46 bits per heavy atom. The second kappa shape index (κ2) is 5.17. The van der Waals surface area contributed by atoms with Crippen molar-refractivity contribution in [3.8, 4) is 0 Å². The maximum absolute atomic E-state index is 4.09. The van der Waals surface area contributed by atoms with Crippen LogP contribution in [0.1, 0.15) is 46.5 Å². The van der Waals surface area contributed by atoms with Crippen LogP contribution in [0.2, 0.25) is 0 Å². The van der Waals surface area contributed by atoms with E-state index in [2.05, 4.69) is 29.6 Å². The summed E-state index contributed by atoms with van der Waals surface area (Å²) < 4.78 is 0. The smallest absolute Gasteiger partial charge is 0.138 e. The predicted molar refractivity (Wildman–Crippen MR) is 52.9 cm³/mol. The molecule has 1 aliphatic heterocycles. The second-order valence-corrected chi connectivity index (χ2v) is 3.56. The van der Waals surface area contributed by atoms with Gasteiger partial charge in [0.1, 0.15) is 6.17 Å². The van der Waals surface area contributed by atoms with Crippen molar-refractivity contribution in [2.24, 2.45) is 10.3 Å². The van der Waals surface area contributed by atoms with Crippen molar-refractivity contribution in [2.75, 3.05) is 0 Å². The first kappa shape index (κ1) is 10.4. The van der Waals surface area contributed by atoms with Crippen LogP contribution in [0.5, 0.6) is 0 Å². The number of hydrogen-bond donors (Lipinski definition) is 1. The molecule has 0 aromatic heterocycles. The Labute approximate surface area is 80.3 Å². The van der Waals surface area contributed by atoms with E-state index in [-0.39, 0.29) is 6.17 Å². The summed E-state index contributed by atoms with van der Waals surface area (Å²) in [5, 5.41) is 10.0. The summed E-state index contributed by atoms with van der Waals surface area (Å²) in [5.74, 6) is 0. The summed E-state index contributed by atoms with van der Waals surface area (Å²) in [5.41, 5.74) is 3.21. The van der Waals surface area contributed by atoms with Crippen molar-refractivity contribution in [3.05, 3.63) is 0 Å². The summed E-state index contributed by atoms with van der Waals surface area (Å²) in [6, 6.07) is 0.508. The SMILES string of the molecule is CCCCC(CC)N1N=NC(C)N1. The van der Waals surface area contributed by atoms with E-state index < -0.39 is 0 Å². The highest BCUT2D eigenvalue weighted by Crippen LogP contribution is 2.14. The summed E-state index contributed by atoms with van der Waals surface area (Å²) in [6.07, 6.45) is 4.98. The molecule has 0 spiro atoms. The number of nitrogens with one attached hydrogen (secondary N) is 1. The summed E-state index contributed by atoms with van der Waals surface area (Å²) >= 11 is 0. The van der Waals surface area contributed by atoms with E-state index in [4.69, 9.17) is 0 Å². The van der Waals surface area contributed by atoms with Gasteiger partial charge in [0, 0.05) is 0 Å². The third kappa shape index (κ3) is 2.95. The predicted octanol–water partition coefficient (Wildman–Crippen LogP) is 2.49. The maximum atomic E-state index is 4.09. The standard InChI is InChI=1S/C9H20N4/c1-4-6-7-9(5-2)13-11-8(3)10-12-13/h8-9,11H,4-7H2,1-3H3. The summed E-state index contributed by atoms with van der Waals surface area (Å²) in [6.45, 7) is 6.42. The number of unbranched alkanes of at least 4 members (excludes halogenated alkanes) is 1. The Bertz CT molecular complexity index is 169. The molecule has 2 unspecified atom stereocenters. The molecule has 4 nitrogen and oxygen atoms in total. The van der Waals surface area contributed by atoms with Gasteiger partial charge >= 0.3 is 0 Å². The lowest BCUT2D eigenvalue weighted by Crippen LogP contribution is -2.40. The van der Waals surface area contributed by atoms with E-state index in [1.807, 2.05) is 12.0 Å². The van der Waals surface area contributed by atoms with Crippen LogP contribution < -0.4 is 5.43 Å². The number of hydrazine groups is 1. The van der Waals surface area contributed by atoms with Crippen molar-refractivity contribution in [2.45, 2.75) is 58.7 Å². The molecule has 2 atom stereocenters. The van der Waals surface area contributed by atoms with E-state index in [9.17, 15) is 0 Å². The van der Waals surface area contributed by atoms with Crippen molar-refractivity contribution in [3.63, 3.8) is 0 Å². The quantitative estimate of drug-likeness (QED) is 0.713. The zero-order valence-electron chi connectivity index (χ0n) is 8.82. The molecule has 76 valence electrons. The van der Waals surface area contributed by atoms with Gasteiger partial charge in [0.2, 0.25) is 0 Å². The molecule has 0 fully saturated rings. The molecule has 13 heavy (non-hydrogen) atoms. The Morgan fingerprint density at radius 2 is 2.23 bits per heavy atom. The van der Waals surface area contributed by atoms with Crippen LogP contribution in [-0.2, 0) is 0 Å². The molecule has 1 rings (SSSR count). The van der Waals surface area contributed by atoms with E-state index in [1.165, 1.54) is 19.3 Å². The normalized spacial score (nSPS) is 23.9. The van der Waals surface area contributed by atoms with Crippen LogP contribution in [0, 0.1) is 0 Å². The van der Waals surface area contributed by atoms with Gasteiger partial charge < -0.3 is 0 Å². The lowest BCUT2D eigenvalue weighted by atomic mass is 10.1. The second-order valence-electron chi connectivity index (χ2n) is 3.56. The van der Waals surface area contributed by atoms with Gasteiger partial charge in [-0.25, -0.2) is 5.12 Å². The van der Waals surface area contributed by atoms with E-state index in [1.54, 1.807) is 0 Å². The highest BCUT2D eigenvalue weighted by molar-refractivity contribution is 4.68. The van der Waals surface area contributed by atoms with Crippen LogP contribution in [-0.4, -0.2) is 17.3 Å². The van der Waals surface area contributed by atoms with Gasteiger partial charge in [-0.15, -0.1) is 5.11 Å². The molecular weight excluding hydrogens is 164 g/mol. The molecule has 0 aliphatic carbocycles. The Morgan fingerprint density at radius 3 is 2.69 bits per heavy atom. The fraction of sp³-hybridized carbons (Fsp3) is 1.00. The minimum absolute atomic E-state index is 0.149. The number of hydrogen-bond acceptors (Lipinski definition) is 4. The minimum atomic E-state index is 0.149. The molecule has 1 heterocycles. The van der Waals surface area contributed by atoms with Gasteiger partial charge in [0.05, 0.1) is 6.04 Å². The van der Waals surface area contributed by atoms with E-state index in [0.717, 1.165) is 6.42 Å². The van der Waals surface area contributed by atoms with Crippen LogP contribution in [0.15, 0.2) is 10.3 Å². The molecule has 4 heteroatoms. The van der Waals surface area contributed by atoms with Crippen LogP contribution >= 0.6 is 0 Å². The van der Waals surface area contributed by atoms with Gasteiger partial charge in [-0.1, -0.05) is 31.9 Å². The summed E-state index contributed by atoms with van der Waals surface area (Å²) in [7, 11) is 0. The molecule has 1 aliphatic rings. The fourth-order valence-electron chi connectivity index (χ4n) is 1.49. The van der Waals surface area contributed by atoms with Gasteiger partial charge in [-0.2, -0.15) is 5.43 Å². The molecule has 0 radical (unpaired) electrons. The molecule has 0 bridgehead atoms. The zero-order chi connectivity index (χ0) is 9.68. The van der Waals surface area contributed by atoms with Crippen LogP contribution in [0.25, 0.3) is 0 Å². The van der Waals surface area contributed by atoms with Crippen molar-refractivity contribution >= 4 is 0 Å². The lowest BCUT2D eigenvalue weighted by molar-refractivity contribution is 0.129.